The van der Waals surface area contributed by atoms with Crippen LogP contribution in [0.1, 0.15) is 23.1 Å². The monoisotopic (exact) mass is 336 g/mol. The zero-order valence-electron chi connectivity index (χ0n) is 14.1. The Morgan fingerprint density at radius 1 is 1.08 bits per heavy atom. The van der Waals surface area contributed by atoms with Crippen molar-refractivity contribution in [3.8, 4) is 11.4 Å². The Bertz CT molecular complexity index is 828. The average Bonchev–Trinajstić information content (AvgIpc) is 3.13. The number of morpholine rings is 1. The number of aryl methyl sites for hydroxylation is 1. The average molecular weight is 336 g/mol. The highest BCUT2D eigenvalue weighted by Gasteiger charge is 2.29. The number of nitrogens with zero attached hydrogens (tertiary/aromatic N) is 4. The lowest BCUT2D eigenvalue weighted by Gasteiger charge is -2.32. The van der Waals surface area contributed by atoms with Crippen LogP contribution >= 0.6 is 0 Å². The Labute approximate surface area is 146 Å². The van der Waals surface area contributed by atoms with Crippen molar-refractivity contribution in [3.63, 3.8) is 0 Å². The molecule has 1 aliphatic rings. The van der Waals surface area contributed by atoms with Crippen LogP contribution in [0.3, 0.4) is 0 Å². The van der Waals surface area contributed by atoms with Crippen LogP contribution in [-0.4, -0.2) is 46.3 Å². The van der Waals surface area contributed by atoms with Crippen LogP contribution in [0.25, 0.3) is 11.4 Å². The van der Waals surface area contributed by atoms with Crippen molar-refractivity contribution in [2.45, 2.75) is 13.0 Å². The summed E-state index contributed by atoms with van der Waals surface area (Å²) in [5, 5.41) is 4.22. The van der Waals surface area contributed by atoms with Gasteiger partial charge in [-0.25, -0.2) is 0 Å². The molecule has 3 aromatic rings. The van der Waals surface area contributed by atoms with Gasteiger partial charge in [0.2, 0.25) is 11.7 Å². The fourth-order valence-corrected chi connectivity index (χ4v) is 3.16. The minimum absolute atomic E-state index is 0.108. The smallest absolute Gasteiger partial charge is 0.248 e. The fourth-order valence-electron chi connectivity index (χ4n) is 3.16. The summed E-state index contributed by atoms with van der Waals surface area (Å²) in [5.74, 6) is 1.21. The van der Waals surface area contributed by atoms with E-state index in [-0.39, 0.29) is 6.04 Å². The molecule has 1 atom stereocenters. The largest absolute Gasteiger partial charge is 0.379 e. The summed E-state index contributed by atoms with van der Waals surface area (Å²) in [5.41, 5.74) is 3.16. The summed E-state index contributed by atoms with van der Waals surface area (Å²) in [6, 6.07) is 11.9. The van der Waals surface area contributed by atoms with E-state index in [9.17, 15) is 0 Å². The molecule has 128 valence electrons. The van der Waals surface area contributed by atoms with Crippen molar-refractivity contribution in [2.24, 2.45) is 0 Å². The molecule has 1 fully saturated rings. The number of pyridine rings is 1. The first-order chi connectivity index (χ1) is 12.3. The molecule has 2 aromatic heterocycles. The summed E-state index contributed by atoms with van der Waals surface area (Å²) in [4.78, 5) is 11.3. The third kappa shape index (κ3) is 3.31. The molecule has 6 nitrogen and oxygen atoms in total. The molecule has 0 radical (unpaired) electrons. The zero-order valence-corrected chi connectivity index (χ0v) is 14.1. The van der Waals surface area contributed by atoms with Crippen LogP contribution in [0.15, 0.2) is 53.3 Å². The van der Waals surface area contributed by atoms with Crippen molar-refractivity contribution in [1.29, 1.82) is 0 Å². The standard InChI is InChI=1S/C19H20N4O2/c1-14-5-2-3-7-16(14)18-21-19(25-22-18)17(15-6-4-8-20-13-15)23-9-11-24-12-10-23/h2-8,13,17H,9-12H2,1H3/t17-/m1/s1. The number of rotatable bonds is 4. The van der Waals surface area contributed by atoms with Gasteiger partial charge in [-0.2, -0.15) is 4.98 Å². The topological polar surface area (TPSA) is 64.3 Å². The zero-order chi connectivity index (χ0) is 17.1. The highest BCUT2D eigenvalue weighted by atomic mass is 16.5. The van der Waals surface area contributed by atoms with Crippen molar-refractivity contribution in [1.82, 2.24) is 20.0 Å². The van der Waals surface area contributed by atoms with E-state index in [1.165, 1.54) is 0 Å². The minimum atomic E-state index is -0.108. The normalized spacial score (nSPS) is 16.7. The number of hydrogen-bond acceptors (Lipinski definition) is 6. The van der Waals surface area contributed by atoms with E-state index in [4.69, 9.17) is 14.2 Å². The number of hydrogen-bond donors (Lipinski definition) is 0. The van der Waals surface area contributed by atoms with Gasteiger partial charge >= 0.3 is 0 Å². The molecule has 0 unspecified atom stereocenters. The Balaban J connectivity index is 1.72. The van der Waals surface area contributed by atoms with Gasteiger partial charge in [0.25, 0.3) is 0 Å². The highest BCUT2D eigenvalue weighted by Crippen LogP contribution is 2.30. The van der Waals surface area contributed by atoms with Crippen LogP contribution in [0.2, 0.25) is 0 Å². The number of benzene rings is 1. The molecule has 0 bridgehead atoms. The molecule has 1 aliphatic heterocycles. The lowest BCUT2D eigenvalue weighted by atomic mass is 10.1. The second-order valence-electron chi connectivity index (χ2n) is 6.11. The Hall–Kier alpha value is -2.57. The van der Waals surface area contributed by atoms with E-state index < -0.39 is 0 Å². The fraction of sp³-hybridized carbons (Fsp3) is 0.316. The van der Waals surface area contributed by atoms with Gasteiger partial charge in [0.1, 0.15) is 6.04 Å². The van der Waals surface area contributed by atoms with Crippen molar-refractivity contribution in [3.05, 3.63) is 65.8 Å². The first-order valence-electron chi connectivity index (χ1n) is 8.44. The molecule has 1 aromatic carbocycles. The Kier molecular flexibility index (Phi) is 4.54. The predicted molar refractivity (Wildman–Crippen MR) is 92.9 cm³/mol. The lowest BCUT2D eigenvalue weighted by molar-refractivity contribution is 0.0180. The maximum atomic E-state index is 5.67. The molecule has 25 heavy (non-hydrogen) atoms. The third-order valence-electron chi connectivity index (χ3n) is 4.47. The highest BCUT2D eigenvalue weighted by molar-refractivity contribution is 5.59. The van der Waals surface area contributed by atoms with Gasteiger partial charge in [-0.3, -0.25) is 9.88 Å². The van der Waals surface area contributed by atoms with Crippen LogP contribution in [0, 0.1) is 6.92 Å². The Morgan fingerprint density at radius 3 is 2.68 bits per heavy atom. The maximum Gasteiger partial charge on any atom is 0.248 e. The number of ether oxygens (including phenoxy) is 1. The molecule has 3 heterocycles. The van der Waals surface area contributed by atoms with E-state index in [0.29, 0.717) is 24.9 Å². The number of aromatic nitrogens is 3. The second-order valence-corrected chi connectivity index (χ2v) is 6.11. The van der Waals surface area contributed by atoms with Gasteiger partial charge in [0.15, 0.2) is 0 Å². The van der Waals surface area contributed by atoms with Crippen LogP contribution in [0.4, 0.5) is 0 Å². The van der Waals surface area contributed by atoms with Gasteiger partial charge in [0, 0.05) is 31.0 Å². The molecule has 6 heteroatoms. The predicted octanol–water partition coefficient (Wildman–Crippen LogP) is 2.86. The van der Waals surface area contributed by atoms with Gasteiger partial charge in [-0.05, 0) is 24.1 Å². The molecular weight excluding hydrogens is 316 g/mol. The molecule has 0 N–H and O–H groups in total. The van der Waals surface area contributed by atoms with Crippen molar-refractivity contribution >= 4 is 0 Å². The van der Waals surface area contributed by atoms with Crippen molar-refractivity contribution in [2.75, 3.05) is 26.3 Å². The molecular formula is C19H20N4O2. The Morgan fingerprint density at radius 2 is 1.92 bits per heavy atom. The SMILES string of the molecule is Cc1ccccc1-c1noc([C@@H](c2cccnc2)N2CCOCC2)n1. The summed E-state index contributed by atoms with van der Waals surface area (Å²) >= 11 is 0. The first-order valence-corrected chi connectivity index (χ1v) is 8.44. The van der Waals surface area contributed by atoms with E-state index in [1.54, 1.807) is 6.20 Å². The molecule has 1 saturated heterocycles. The molecule has 4 rings (SSSR count). The first kappa shape index (κ1) is 15.9. The molecule has 0 saturated carbocycles. The van der Waals surface area contributed by atoms with Crippen LogP contribution < -0.4 is 0 Å². The summed E-state index contributed by atoms with van der Waals surface area (Å²) in [6.07, 6.45) is 3.63. The van der Waals surface area contributed by atoms with E-state index in [2.05, 4.69) is 15.0 Å². The minimum Gasteiger partial charge on any atom is -0.379 e. The summed E-state index contributed by atoms with van der Waals surface area (Å²) < 4.78 is 11.2. The van der Waals surface area contributed by atoms with Gasteiger partial charge in [-0.1, -0.05) is 35.5 Å². The molecule has 0 amide bonds. The summed E-state index contributed by atoms with van der Waals surface area (Å²) in [6.45, 7) is 5.10. The maximum absolute atomic E-state index is 5.67. The van der Waals surface area contributed by atoms with Crippen LogP contribution in [-0.2, 0) is 4.74 Å². The van der Waals surface area contributed by atoms with Gasteiger partial charge in [0.05, 0.1) is 13.2 Å². The van der Waals surface area contributed by atoms with Crippen molar-refractivity contribution < 1.29 is 9.26 Å². The summed E-state index contributed by atoms with van der Waals surface area (Å²) in [7, 11) is 0. The quantitative estimate of drug-likeness (QED) is 0.730. The van der Waals surface area contributed by atoms with Crippen LogP contribution in [0.5, 0.6) is 0 Å². The molecule has 0 aliphatic carbocycles. The van der Waals surface area contributed by atoms with E-state index in [0.717, 1.165) is 29.8 Å². The second kappa shape index (κ2) is 7.13. The lowest BCUT2D eigenvalue weighted by Crippen LogP contribution is -2.39. The van der Waals surface area contributed by atoms with E-state index in [1.807, 2.05) is 49.5 Å². The van der Waals surface area contributed by atoms with E-state index >= 15 is 0 Å². The van der Waals surface area contributed by atoms with Gasteiger partial charge in [-0.15, -0.1) is 0 Å². The van der Waals surface area contributed by atoms with Gasteiger partial charge < -0.3 is 9.26 Å². The molecule has 0 spiro atoms. The third-order valence-corrected chi connectivity index (χ3v) is 4.47.